The zero-order chi connectivity index (χ0) is 16.4. The van der Waals surface area contributed by atoms with Gasteiger partial charge in [0.05, 0.1) is 0 Å². The van der Waals surface area contributed by atoms with E-state index in [1.165, 1.54) is 26.4 Å². The van der Waals surface area contributed by atoms with Gasteiger partial charge < -0.3 is 0 Å². The van der Waals surface area contributed by atoms with Gasteiger partial charge in [0.25, 0.3) is 0 Å². The Labute approximate surface area is 163 Å². The molecule has 2 aromatic rings. The first kappa shape index (κ1) is 17.7. The summed E-state index contributed by atoms with van der Waals surface area (Å²) < 4.78 is 12.0. The number of hydrogen-bond acceptors (Lipinski definition) is 5. The molecule has 2 rings (SSSR count). The molecule has 0 unspecified atom stereocenters. The molecule has 0 aliphatic heterocycles. The molecule has 104 valence electrons. The third-order valence-electron chi connectivity index (χ3n) is 3.52. The van der Waals surface area contributed by atoms with Crippen LogP contribution in [0.25, 0.3) is 0 Å². The van der Waals surface area contributed by atoms with Gasteiger partial charge >= 0.3 is 164 Å². The SMILES string of the molecule is COc1cc(O)c(C(=O)c2c[c]([Na])c(OC)cc2O)c[c]1[Na]. The van der Waals surface area contributed by atoms with Crippen LogP contribution in [0.5, 0.6) is 23.0 Å². The molecule has 5 nitrogen and oxygen atoms in total. The average molecular weight is 318 g/mol. The van der Waals surface area contributed by atoms with Crippen molar-refractivity contribution in [3.63, 3.8) is 0 Å². The van der Waals surface area contributed by atoms with Crippen molar-refractivity contribution in [1.29, 1.82) is 0 Å². The summed E-state index contributed by atoms with van der Waals surface area (Å²) in [5.41, 5.74) is 0.319. The number of methoxy groups -OCH3 is 2. The molecule has 0 heterocycles. The van der Waals surface area contributed by atoms with Crippen LogP contribution in [0.4, 0.5) is 0 Å². The Balaban J connectivity index is 2.53. The summed E-state index contributed by atoms with van der Waals surface area (Å²) in [6.45, 7) is 0. The Bertz CT molecular complexity index is 682. The Morgan fingerprint density at radius 2 is 1.23 bits per heavy atom. The first-order valence-electron chi connectivity index (χ1n) is 6.69. The Hall–Kier alpha value is -0.690. The number of ether oxygens (including phenoxy) is 2. The number of phenols is 2. The maximum absolute atomic E-state index is 12.6. The molecule has 0 saturated heterocycles. The second-order valence-corrected chi connectivity index (χ2v) is 7.16. The third kappa shape index (κ3) is 3.45. The molecule has 7 heteroatoms. The molecule has 0 amide bonds. The molecule has 2 aromatic carbocycles. The summed E-state index contributed by atoms with van der Waals surface area (Å²) in [7, 11) is 3.03. The number of carbonyl (C=O) groups excluding carboxylic acids is 1. The predicted molar refractivity (Wildman–Crippen MR) is 83.5 cm³/mol. The van der Waals surface area contributed by atoms with Gasteiger partial charge in [-0.2, -0.15) is 0 Å². The van der Waals surface area contributed by atoms with E-state index in [9.17, 15) is 15.0 Å². The van der Waals surface area contributed by atoms with E-state index < -0.39 is 5.78 Å². The average Bonchev–Trinajstić information content (AvgIpc) is 2.50. The van der Waals surface area contributed by atoms with Crippen molar-refractivity contribution in [3.05, 3.63) is 35.4 Å². The Morgan fingerprint density at radius 3 is 1.55 bits per heavy atom. The van der Waals surface area contributed by atoms with Crippen LogP contribution in [-0.4, -0.2) is 86.1 Å². The van der Waals surface area contributed by atoms with Crippen molar-refractivity contribution in [2.75, 3.05) is 14.2 Å². The Kier molecular flexibility index (Phi) is 5.82. The van der Waals surface area contributed by atoms with Crippen molar-refractivity contribution in [1.82, 2.24) is 0 Å². The first-order chi connectivity index (χ1) is 10.4. The summed E-state index contributed by atoms with van der Waals surface area (Å²) in [5, 5.41) is 20.1. The number of carbonyl (C=O) groups is 1. The maximum atomic E-state index is 12.6. The Morgan fingerprint density at radius 1 is 0.864 bits per heavy atom. The van der Waals surface area contributed by atoms with E-state index >= 15 is 0 Å². The molecule has 0 spiro atoms. The van der Waals surface area contributed by atoms with Crippen molar-refractivity contribution in [2.24, 2.45) is 0 Å². The fraction of sp³-hybridized carbons (Fsp3) is 0.133. The number of rotatable bonds is 4. The van der Waals surface area contributed by atoms with E-state index in [4.69, 9.17) is 9.47 Å². The summed E-state index contributed by atoms with van der Waals surface area (Å²) in [4.78, 5) is 12.6. The first-order valence-corrected chi connectivity index (χ1v) is 8.69. The molecule has 0 atom stereocenters. The fourth-order valence-electron chi connectivity index (χ4n) is 2.30. The van der Waals surface area contributed by atoms with Crippen LogP contribution in [0.15, 0.2) is 24.3 Å². The molecule has 2 N–H and O–H groups in total. The zero-order valence-electron chi connectivity index (χ0n) is 12.9. The van der Waals surface area contributed by atoms with Crippen LogP contribution < -0.4 is 15.1 Å². The number of benzene rings is 2. The van der Waals surface area contributed by atoms with Gasteiger partial charge in [0.15, 0.2) is 0 Å². The normalized spacial score (nSPS) is 10.5. The van der Waals surface area contributed by atoms with E-state index in [-0.39, 0.29) is 22.6 Å². The molecule has 0 saturated carbocycles. The number of aromatic hydroxyl groups is 2. The number of ketones is 1. The van der Waals surface area contributed by atoms with Crippen molar-refractivity contribution in [3.8, 4) is 23.0 Å². The van der Waals surface area contributed by atoms with Gasteiger partial charge in [-0.3, -0.25) is 0 Å². The minimum absolute atomic E-state index is 0.160. The number of hydrogen-bond donors (Lipinski definition) is 2. The molecule has 0 bridgehead atoms. The predicted octanol–water partition coefficient (Wildman–Crippen LogP) is -0.0664. The van der Waals surface area contributed by atoms with E-state index in [1.807, 2.05) is 0 Å². The molecule has 0 radical (unpaired) electrons. The van der Waals surface area contributed by atoms with Gasteiger partial charge in [-0.25, -0.2) is 0 Å². The van der Waals surface area contributed by atoms with Crippen LogP contribution in [0.2, 0.25) is 0 Å². The van der Waals surface area contributed by atoms with Gasteiger partial charge in [-0.15, -0.1) is 0 Å². The fourth-order valence-corrected chi connectivity index (χ4v) is 3.58. The van der Waals surface area contributed by atoms with E-state index in [2.05, 4.69) is 0 Å². The quantitative estimate of drug-likeness (QED) is 0.610. The van der Waals surface area contributed by atoms with Gasteiger partial charge in [-0.1, -0.05) is 0 Å². The van der Waals surface area contributed by atoms with Gasteiger partial charge in [0.2, 0.25) is 0 Å². The van der Waals surface area contributed by atoms with Crippen LogP contribution in [0.3, 0.4) is 0 Å². The van der Waals surface area contributed by atoms with E-state index in [1.54, 1.807) is 12.1 Å². The third-order valence-corrected chi connectivity index (χ3v) is 5.08. The monoisotopic (exact) mass is 318 g/mol. The van der Waals surface area contributed by atoms with Crippen molar-refractivity contribution < 1.29 is 24.5 Å². The van der Waals surface area contributed by atoms with Crippen LogP contribution in [0, 0.1) is 0 Å². The van der Waals surface area contributed by atoms with Gasteiger partial charge in [-0.05, 0) is 0 Å². The molecule has 22 heavy (non-hydrogen) atoms. The summed E-state index contributed by atoms with van der Waals surface area (Å²) in [5.74, 6) is 0.374. The number of phenolic OH excluding ortho intramolecular Hbond substituents is 2. The zero-order valence-corrected chi connectivity index (χ0v) is 16.9. The second-order valence-electron chi connectivity index (χ2n) is 5.01. The molecular formula is C15H12Na2O5. The van der Waals surface area contributed by atoms with Crippen molar-refractivity contribution in [2.45, 2.75) is 0 Å². The molecule has 0 aliphatic rings. The molecule has 0 fully saturated rings. The molecule has 0 aliphatic carbocycles. The molecular weight excluding hydrogens is 306 g/mol. The van der Waals surface area contributed by atoms with Crippen LogP contribution >= 0.6 is 0 Å². The van der Waals surface area contributed by atoms with Crippen molar-refractivity contribution >= 4 is 67.3 Å². The van der Waals surface area contributed by atoms with Crippen LogP contribution in [-0.2, 0) is 0 Å². The standard InChI is InChI=1S/C15H12O5.2Na/c1-19-9-3-5-11(13(16)7-9)15(18)12-6-4-10(20-2)8-14(12)17;;/h5-8,16-17H,1-2H3;;. The van der Waals surface area contributed by atoms with E-state index in [0.29, 0.717) is 67.4 Å². The second kappa shape index (κ2) is 7.25. The van der Waals surface area contributed by atoms with Crippen LogP contribution in [0.1, 0.15) is 15.9 Å². The summed E-state index contributed by atoms with van der Waals surface area (Å²) in [6.07, 6.45) is 0. The van der Waals surface area contributed by atoms with Gasteiger partial charge in [0, 0.05) is 0 Å². The summed E-state index contributed by atoms with van der Waals surface area (Å²) in [6, 6.07) is 6.08. The molecule has 0 aromatic heterocycles. The van der Waals surface area contributed by atoms with E-state index in [0.717, 1.165) is 5.63 Å². The topological polar surface area (TPSA) is 76.0 Å². The summed E-state index contributed by atoms with van der Waals surface area (Å²) >= 11 is 1.34. The minimum atomic E-state index is -0.422. The van der Waals surface area contributed by atoms with Gasteiger partial charge in [0.1, 0.15) is 0 Å².